The Morgan fingerprint density at radius 2 is 0.579 bits per heavy atom. The topological polar surface area (TPSA) is 179 Å². The van der Waals surface area contributed by atoms with E-state index >= 15 is 0 Å². The van der Waals surface area contributed by atoms with Crippen LogP contribution in [0.4, 0.5) is 0 Å². The van der Waals surface area contributed by atoms with Crippen LogP contribution in [0.25, 0.3) is 146 Å². The molecule has 0 N–H and O–H groups in total. The van der Waals surface area contributed by atoms with E-state index in [2.05, 4.69) is 342 Å². The van der Waals surface area contributed by atoms with Crippen LogP contribution in [0.15, 0.2) is 197 Å². The van der Waals surface area contributed by atoms with Gasteiger partial charge in [0, 0.05) is 68.5 Å². The Kier molecular flexibility index (Phi) is 35.7. The van der Waals surface area contributed by atoms with Crippen molar-refractivity contribution in [1.82, 2.24) is 29.9 Å². The largest absolute Gasteiger partial charge is 0.436 e. The van der Waals surface area contributed by atoms with Gasteiger partial charge in [0.2, 0.25) is 39.5 Å². The van der Waals surface area contributed by atoms with Crippen LogP contribution in [0, 0.1) is 138 Å². The monoisotopic (exact) mass is 1890 g/mol. The van der Waals surface area contributed by atoms with Gasteiger partial charge in [-0.15, -0.1) is 0 Å². The molecule has 0 unspecified atom stereocenters. The summed E-state index contributed by atoms with van der Waals surface area (Å²) in [7, 11) is 12.3. The van der Waals surface area contributed by atoms with Crippen molar-refractivity contribution in [2.24, 2.45) is 42.3 Å². The number of hydrogen-bond acceptors (Lipinski definition) is 12. The smallest absolute Gasteiger partial charge is 0.257 e. The molecule has 0 aliphatic rings. The van der Waals surface area contributed by atoms with Crippen LogP contribution >= 0.6 is 0 Å². The summed E-state index contributed by atoms with van der Waals surface area (Å²) in [6.07, 6.45) is 13.7. The minimum atomic E-state index is -0.855. The summed E-state index contributed by atoms with van der Waals surface area (Å²) in [5, 5.41) is 0. The lowest BCUT2D eigenvalue weighted by atomic mass is 9.88. The average molecular weight is 1890 g/mol. The van der Waals surface area contributed by atoms with Crippen molar-refractivity contribution in [3.8, 4) is 79.0 Å². The molecule has 0 spiro atoms. The molecule has 19 rings (SSSR count). The van der Waals surface area contributed by atoms with Gasteiger partial charge in [-0.2, -0.15) is 27.4 Å². The maximum atomic E-state index is 8.18. The minimum Gasteiger partial charge on any atom is -0.436 e. The van der Waals surface area contributed by atoms with E-state index in [0.717, 1.165) is 124 Å². The molecule has 0 saturated heterocycles. The number of nitrogens with zero attached hydrogens (tertiary/aromatic N) is 12. The van der Waals surface area contributed by atoms with Crippen LogP contribution < -0.4 is 27.4 Å². The zero-order valence-corrected chi connectivity index (χ0v) is 85.2. The Morgan fingerprint density at radius 3 is 0.907 bits per heavy atom. The summed E-state index contributed by atoms with van der Waals surface area (Å²) in [5.74, 6) is 3.59. The number of rotatable bonds is 11. The van der Waals surface area contributed by atoms with Crippen molar-refractivity contribution in [3.05, 3.63) is 306 Å². The van der Waals surface area contributed by atoms with Gasteiger partial charge < -0.3 is 26.5 Å². The number of aryl methyl sites for hydroxylation is 20. The normalized spacial score (nSPS) is 11.2. The predicted octanol–water partition coefficient (Wildman–Crippen LogP) is 30.1. The molecule has 0 saturated carbocycles. The zero-order valence-electron chi connectivity index (χ0n) is 86.2. The molecule has 0 aliphatic carbocycles. The van der Waals surface area contributed by atoms with Crippen molar-refractivity contribution in [2.75, 3.05) is 0 Å². The molecule has 7 aromatic carbocycles. The predicted molar refractivity (Wildman–Crippen MR) is 581 cm³/mol. The van der Waals surface area contributed by atoms with E-state index in [4.69, 9.17) is 32.9 Å². The van der Waals surface area contributed by atoms with E-state index in [0.29, 0.717) is 29.5 Å². The molecule has 140 heavy (non-hydrogen) atoms. The first-order valence-electron chi connectivity index (χ1n) is 47.0. The lowest BCUT2D eigenvalue weighted by Gasteiger charge is -2.17. The van der Waals surface area contributed by atoms with Gasteiger partial charge in [-0.05, 0) is 251 Å². The fourth-order valence-corrected chi connectivity index (χ4v) is 18.3. The average Bonchev–Trinajstić information content (AvgIpc) is 1.64. The Bertz CT molecular complexity index is 7620. The molecular weight excluding hydrogens is 1730 g/mol. The molecule has 12 heterocycles. The summed E-state index contributed by atoms with van der Waals surface area (Å²) in [4.78, 5) is 27.2. The molecule has 19 aromatic rings. The van der Waals surface area contributed by atoms with Gasteiger partial charge in [0.15, 0.2) is 78.2 Å². The van der Waals surface area contributed by atoms with Gasteiger partial charge >= 0.3 is 0 Å². The summed E-state index contributed by atoms with van der Waals surface area (Å²) in [5.41, 5.74) is 50.8. The number of aromatic nitrogens is 12. The molecule has 0 radical (unpaired) electrons. The summed E-state index contributed by atoms with van der Waals surface area (Å²) >= 11 is 0. The Balaban J connectivity index is 0.000000207. The van der Waals surface area contributed by atoms with E-state index in [-0.39, 0.29) is 50.5 Å². The first-order chi connectivity index (χ1) is 63.7. The van der Waals surface area contributed by atoms with Crippen molar-refractivity contribution in [3.63, 3.8) is 0 Å². The molecule has 0 amide bonds. The number of pyridine rings is 6. The lowest BCUT2D eigenvalue weighted by molar-refractivity contribution is -0.659. The number of benzene rings is 7. The van der Waals surface area contributed by atoms with Crippen LogP contribution in [-0.2, 0) is 42.3 Å². The molecule has 12 aromatic heterocycles. The van der Waals surface area contributed by atoms with Crippen LogP contribution in [0.1, 0.15) is 260 Å². The van der Waals surface area contributed by atoms with Crippen molar-refractivity contribution in [2.45, 2.75) is 262 Å². The molecule has 18 nitrogen and oxygen atoms in total. The van der Waals surface area contributed by atoms with Crippen LogP contribution in [0.2, 0.25) is 0 Å². The number of hydrogen-bond donors (Lipinski definition) is 0. The third kappa shape index (κ3) is 22.9. The fraction of sp³-hybridized carbons (Fsp3) is 0.361. The molecule has 0 aliphatic heterocycles. The van der Waals surface area contributed by atoms with E-state index in [1.165, 1.54) is 145 Å². The summed E-state index contributed by atoms with van der Waals surface area (Å²) in [6, 6.07) is 45.2. The fourth-order valence-electron chi connectivity index (χ4n) is 18.3. The second-order valence-corrected chi connectivity index (χ2v) is 38.2. The second-order valence-electron chi connectivity index (χ2n) is 38.2. The van der Waals surface area contributed by atoms with Gasteiger partial charge in [0.25, 0.3) is 28.5 Å². The highest BCUT2D eigenvalue weighted by molar-refractivity contribution is 5.92. The summed E-state index contributed by atoms with van der Waals surface area (Å²) in [6.45, 7) is 59.1. The van der Waals surface area contributed by atoms with E-state index in [9.17, 15) is 0 Å². The molecule has 0 bridgehead atoms. The highest BCUT2D eigenvalue weighted by Crippen LogP contribution is 2.42. The van der Waals surface area contributed by atoms with Gasteiger partial charge in [-0.1, -0.05) is 188 Å². The summed E-state index contributed by atoms with van der Waals surface area (Å²) < 4.78 is 56.6. The third-order valence-corrected chi connectivity index (χ3v) is 26.1. The first kappa shape index (κ1) is 110. The molecule has 0 atom stereocenters. The van der Waals surface area contributed by atoms with E-state index < -0.39 is 5.89 Å². The van der Waals surface area contributed by atoms with Crippen molar-refractivity contribution < 1.29 is 55.3 Å². The number of oxazole rings is 6. The third-order valence-electron chi connectivity index (χ3n) is 26.1. The SMILES string of the molecule is C.C.C.C.C.C.Cc1cc(C)c(C)c(-c2c3oc(C(C)C)nc3cc[n+]2C)c1.Cc1cc(C)c(C)c(-c2c3oc(C)nc3cc[n+]2C)c1.Cc1cc(C)c(C)c(-c2c3oc(C)nc3cc[n+]2C)c1.Cc1cc(C)c(C)c(-c2c3ocnc3cc[n+]2C)c1.Cc1cc(C)c(C)c(-c2cc3oc(-c4c(C(C)C)cccc4C(C)C)nc3c[n+]2C)c1.[2H]C(C)(C)c1nc2cc[n+](C)c(-c3cc(C)cc(C)c3C)c2o1. The van der Waals surface area contributed by atoms with Gasteiger partial charge in [0.1, 0.15) is 69.9 Å². The Hall–Kier alpha value is -13.7. The van der Waals surface area contributed by atoms with Gasteiger partial charge in [0.05, 0.1) is 33.9 Å². The highest BCUT2D eigenvalue weighted by Gasteiger charge is 2.31. The second kappa shape index (κ2) is 45.5. The first-order valence-corrected chi connectivity index (χ1v) is 46.5. The maximum absolute atomic E-state index is 8.18. The standard InChI is InChI=1S/C28H33N2O.2C19H23N2O.2C17H19N2O.C16H17N2O.6CH4/c1-16(2)21-10-9-11-22(17(3)4)27(21)28-29-24-15-30(8)25(14-26(24)31-28)23-13-18(5)12-19(6)20(23)7;2*1-11(2)19-20-16-7-8-21(6)17(18(16)22-19)15-10-12(3)9-13(4)14(15)5;2*1-10-8-11(2)12(3)14(9-10)16-17-15(6-7-19(16)5)18-13(4)20-17;1-10-7-11(2)12(3)13(8-10)15-16-14(17-9-19-16)5-6-18(15)4;;;;;;/h9-17H,1-8H3;2*7-11H,1-6H3;2*6-9H,1-5H3;5-9H,1-4H3;6*1H4/q6*+1;;;;;;/i;11D;;;;;;;;;;. The Labute approximate surface area is 835 Å². The minimum absolute atomic E-state index is 0. The maximum Gasteiger partial charge on any atom is 0.257 e. The highest BCUT2D eigenvalue weighted by atomic mass is 16.4. The van der Waals surface area contributed by atoms with Gasteiger partial charge in [-0.25, -0.2) is 29.9 Å². The molecule has 736 valence electrons. The van der Waals surface area contributed by atoms with Crippen LogP contribution in [0.3, 0.4) is 0 Å². The quantitative estimate of drug-likeness (QED) is 0.112. The molecule has 0 fully saturated rings. The number of fused-ring (bicyclic) bond motifs is 6. The lowest BCUT2D eigenvalue weighted by Crippen LogP contribution is -2.30. The zero-order chi connectivity index (χ0) is 97.8. The van der Waals surface area contributed by atoms with Crippen molar-refractivity contribution >= 4 is 66.6 Å². The van der Waals surface area contributed by atoms with Crippen molar-refractivity contribution in [1.29, 1.82) is 0 Å². The van der Waals surface area contributed by atoms with Gasteiger partial charge in [-0.3, -0.25) is 0 Å². The molecular formula is C122H158N12O6+6. The van der Waals surface area contributed by atoms with Crippen LogP contribution in [-0.4, -0.2) is 29.9 Å². The van der Waals surface area contributed by atoms with E-state index in [1.807, 2.05) is 97.2 Å². The van der Waals surface area contributed by atoms with E-state index in [1.54, 1.807) is 13.8 Å². The van der Waals surface area contributed by atoms with Crippen LogP contribution in [0.5, 0.6) is 0 Å². The Morgan fingerprint density at radius 1 is 0.286 bits per heavy atom. The molecule has 18 heteroatoms.